The Balaban J connectivity index is 2.03. The minimum absolute atomic E-state index is 0.0456. The average Bonchev–Trinajstić information content (AvgIpc) is 2.56. The van der Waals surface area contributed by atoms with Gasteiger partial charge in [-0.25, -0.2) is 0 Å². The van der Waals surface area contributed by atoms with Crippen LogP contribution in [0, 0.1) is 0 Å². The number of carbonyl (C=O) groups is 2. The zero-order chi connectivity index (χ0) is 19.2. The molecule has 3 N–H and O–H groups in total. The summed E-state index contributed by atoms with van der Waals surface area (Å²) in [5.74, 6) is -0.441. The molecule has 0 saturated heterocycles. The van der Waals surface area contributed by atoms with Gasteiger partial charge in [-0.3, -0.25) is 9.59 Å². The summed E-state index contributed by atoms with van der Waals surface area (Å²) in [4.78, 5) is 24.6. The third kappa shape index (κ3) is 5.60. The number of carbonyl (C=O) groups excluding carboxylic acids is 2. The maximum absolute atomic E-state index is 12.4. The molecule has 2 rings (SSSR count). The molecule has 0 aromatic heterocycles. The Morgan fingerprint density at radius 3 is 2.54 bits per heavy atom. The quantitative estimate of drug-likeness (QED) is 0.712. The number of nitrogens with one attached hydrogen (secondary N) is 2. The molecule has 0 aliphatic heterocycles. The van der Waals surface area contributed by atoms with Crippen LogP contribution < -0.4 is 10.6 Å². The van der Waals surface area contributed by atoms with Gasteiger partial charge in [0.1, 0.15) is 5.75 Å². The lowest BCUT2D eigenvalue weighted by Gasteiger charge is -2.25. The number of benzene rings is 2. The number of phenols is 1. The topological polar surface area (TPSA) is 87.7 Å². The number of ether oxygens (including phenoxy) is 1. The summed E-state index contributed by atoms with van der Waals surface area (Å²) in [6.45, 7) is 4.12. The van der Waals surface area contributed by atoms with Crippen LogP contribution in [0.5, 0.6) is 5.75 Å². The van der Waals surface area contributed by atoms with Crippen molar-refractivity contribution in [2.24, 2.45) is 0 Å². The minimum atomic E-state index is -0.504. The Labute approximate surface area is 153 Å². The summed E-state index contributed by atoms with van der Waals surface area (Å²) < 4.78 is 5.09. The predicted octanol–water partition coefficient (Wildman–Crippen LogP) is 2.73. The second-order valence-corrected chi connectivity index (χ2v) is 6.71. The Morgan fingerprint density at radius 2 is 1.85 bits per heavy atom. The van der Waals surface area contributed by atoms with Gasteiger partial charge in [-0.2, -0.15) is 0 Å². The normalized spacial score (nSPS) is 11.0. The third-order valence-corrected chi connectivity index (χ3v) is 3.71. The number of phenolic OH excluding ortho intramolecular Hbond substituents is 1. The van der Waals surface area contributed by atoms with Crippen LogP contribution in [0.1, 0.15) is 29.8 Å². The van der Waals surface area contributed by atoms with Crippen molar-refractivity contribution in [3.63, 3.8) is 0 Å². The van der Waals surface area contributed by atoms with E-state index in [1.165, 1.54) is 6.07 Å². The van der Waals surface area contributed by atoms with Crippen molar-refractivity contribution in [1.82, 2.24) is 5.32 Å². The van der Waals surface area contributed by atoms with E-state index in [1.807, 2.05) is 13.8 Å². The van der Waals surface area contributed by atoms with E-state index in [1.54, 1.807) is 49.6 Å². The molecule has 0 saturated carbocycles. The third-order valence-electron chi connectivity index (χ3n) is 3.71. The number of methoxy groups -OCH3 is 1. The molecular formula is C20H24N2O4. The molecule has 26 heavy (non-hydrogen) atoms. The SMILES string of the molecule is COCC(C)(C)NC(=O)c1cccc(NC(=O)Cc2ccccc2O)c1. The van der Waals surface area contributed by atoms with Crippen molar-refractivity contribution >= 4 is 17.5 Å². The highest BCUT2D eigenvalue weighted by molar-refractivity contribution is 5.98. The van der Waals surface area contributed by atoms with Crippen molar-refractivity contribution < 1.29 is 19.4 Å². The van der Waals surface area contributed by atoms with Gasteiger partial charge in [0.25, 0.3) is 5.91 Å². The number of rotatable bonds is 7. The molecule has 0 fully saturated rings. The zero-order valence-electron chi connectivity index (χ0n) is 15.2. The summed E-state index contributed by atoms with van der Waals surface area (Å²) in [6, 6.07) is 13.4. The van der Waals surface area contributed by atoms with E-state index in [4.69, 9.17) is 4.74 Å². The second kappa shape index (κ2) is 8.49. The molecular weight excluding hydrogens is 332 g/mol. The molecule has 0 heterocycles. The first kappa shape index (κ1) is 19.5. The van der Waals surface area contributed by atoms with Crippen LogP contribution in [-0.4, -0.2) is 36.2 Å². The first-order chi connectivity index (χ1) is 12.3. The van der Waals surface area contributed by atoms with Crippen LogP contribution >= 0.6 is 0 Å². The van der Waals surface area contributed by atoms with E-state index in [-0.39, 0.29) is 24.0 Å². The van der Waals surface area contributed by atoms with Crippen LogP contribution in [0.2, 0.25) is 0 Å². The van der Waals surface area contributed by atoms with Crippen molar-refractivity contribution in [3.8, 4) is 5.75 Å². The van der Waals surface area contributed by atoms with Gasteiger partial charge < -0.3 is 20.5 Å². The van der Waals surface area contributed by atoms with Gasteiger partial charge in [0.2, 0.25) is 5.91 Å². The van der Waals surface area contributed by atoms with Gasteiger partial charge in [0.05, 0.1) is 18.6 Å². The molecule has 6 nitrogen and oxygen atoms in total. The molecule has 0 aliphatic rings. The fourth-order valence-electron chi connectivity index (χ4n) is 2.55. The van der Waals surface area contributed by atoms with E-state index in [0.717, 1.165) is 0 Å². The molecule has 0 unspecified atom stereocenters. The first-order valence-corrected chi connectivity index (χ1v) is 8.29. The molecule has 0 radical (unpaired) electrons. The number of hydrogen-bond donors (Lipinski definition) is 3. The van der Waals surface area contributed by atoms with E-state index in [0.29, 0.717) is 23.4 Å². The smallest absolute Gasteiger partial charge is 0.251 e. The number of amides is 2. The Bertz CT molecular complexity index is 787. The number of anilines is 1. The first-order valence-electron chi connectivity index (χ1n) is 8.29. The van der Waals surface area contributed by atoms with E-state index >= 15 is 0 Å². The van der Waals surface area contributed by atoms with E-state index < -0.39 is 5.54 Å². The fourth-order valence-corrected chi connectivity index (χ4v) is 2.55. The van der Waals surface area contributed by atoms with Gasteiger partial charge in [-0.05, 0) is 38.1 Å². The van der Waals surface area contributed by atoms with Gasteiger partial charge in [-0.1, -0.05) is 24.3 Å². The van der Waals surface area contributed by atoms with E-state index in [2.05, 4.69) is 10.6 Å². The predicted molar refractivity (Wildman–Crippen MR) is 100 cm³/mol. The maximum atomic E-state index is 12.4. The van der Waals surface area contributed by atoms with Crippen LogP contribution in [0.15, 0.2) is 48.5 Å². The monoisotopic (exact) mass is 356 g/mol. The van der Waals surface area contributed by atoms with Crippen molar-refractivity contribution in [1.29, 1.82) is 0 Å². The molecule has 0 aliphatic carbocycles. The Morgan fingerprint density at radius 1 is 1.12 bits per heavy atom. The highest BCUT2D eigenvalue weighted by atomic mass is 16.5. The standard InChI is InChI=1S/C20H24N2O4/c1-20(2,13-26-3)22-19(25)15-8-6-9-16(11-15)21-18(24)12-14-7-4-5-10-17(14)23/h4-11,23H,12-13H2,1-3H3,(H,21,24)(H,22,25). The van der Waals surface area contributed by atoms with Crippen LogP contribution in [0.25, 0.3) is 0 Å². The lowest BCUT2D eigenvalue weighted by molar-refractivity contribution is -0.115. The molecule has 2 aromatic rings. The molecule has 6 heteroatoms. The molecule has 2 amide bonds. The van der Waals surface area contributed by atoms with Gasteiger partial charge in [0.15, 0.2) is 0 Å². The Kier molecular flexibility index (Phi) is 6.36. The summed E-state index contributed by atoms with van der Waals surface area (Å²) in [5.41, 5.74) is 0.994. The largest absolute Gasteiger partial charge is 0.508 e. The van der Waals surface area contributed by atoms with E-state index in [9.17, 15) is 14.7 Å². The summed E-state index contributed by atoms with van der Waals surface area (Å²) in [7, 11) is 1.58. The number of aromatic hydroxyl groups is 1. The van der Waals surface area contributed by atoms with Crippen LogP contribution in [0.3, 0.4) is 0 Å². The lowest BCUT2D eigenvalue weighted by Crippen LogP contribution is -2.46. The number of para-hydroxylation sites is 1. The highest BCUT2D eigenvalue weighted by Crippen LogP contribution is 2.17. The van der Waals surface area contributed by atoms with Crippen LogP contribution in [0.4, 0.5) is 5.69 Å². The van der Waals surface area contributed by atoms with Crippen molar-refractivity contribution in [2.75, 3.05) is 19.0 Å². The Hall–Kier alpha value is -2.86. The molecule has 0 atom stereocenters. The highest BCUT2D eigenvalue weighted by Gasteiger charge is 2.21. The maximum Gasteiger partial charge on any atom is 0.251 e. The second-order valence-electron chi connectivity index (χ2n) is 6.71. The van der Waals surface area contributed by atoms with Gasteiger partial charge >= 0.3 is 0 Å². The van der Waals surface area contributed by atoms with Gasteiger partial charge in [0, 0.05) is 23.9 Å². The molecule has 2 aromatic carbocycles. The zero-order valence-corrected chi connectivity index (χ0v) is 15.2. The summed E-state index contributed by atoms with van der Waals surface area (Å²) in [6.07, 6.45) is 0.0456. The lowest BCUT2D eigenvalue weighted by atomic mass is 10.1. The van der Waals surface area contributed by atoms with Crippen molar-refractivity contribution in [3.05, 3.63) is 59.7 Å². The van der Waals surface area contributed by atoms with Gasteiger partial charge in [-0.15, -0.1) is 0 Å². The van der Waals surface area contributed by atoms with Crippen molar-refractivity contribution in [2.45, 2.75) is 25.8 Å². The average molecular weight is 356 g/mol. The summed E-state index contributed by atoms with van der Waals surface area (Å²) in [5, 5.41) is 15.4. The molecule has 138 valence electrons. The minimum Gasteiger partial charge on any atom is -0.508 e. The molecule has 0 spiro atoms. The fraction of sp³-hybridized carbons (Fsp3) is 0.300. The molecule has 0 bridgehead atoms. The summed E-state index contributed by atoms with van der Waals surface area (Å²) >= 11 is 0. The number of hydrogen-bond acceptors (Lipinski definition) is 4. The van der Waals surface area contributed by atoms with Crippen LogP contribution in [-0.2, 0) is 16.0 Å².